The quantitative estimate of drug-likeness (QED) is 0.483. The Balaban J connectivity index is 0.00000200. The van der Waals surface area contributed by atoms with Crippen molar-refractivity contribution >= 4 is 35.6 Å². The Morgan fingerprint density at radius 2 is 1.90 bits per heavy atom. The number of benzene rings is 1. The number of hydrogen-bond acceptors (Lipinski definition) is 3. The Labute approximate surface area is 135 Å². The molecule has 5 nitrogen and oxygen atoms in total. The number of aryl methyl sites for hydroxylation is 3. The van der Waals surface area contributed by atoms with E-state index >= 15 is 0 Å². The van der Waals surface area contributed by atoms with Gasteiger partial charge in [-0.3, -0.25) is 0 Å². The van der Waals surface area contributed by atoms with Crippen molar-refractivity contribution in [3.63, 3.8) is 0 Å². The first-order valence-corrected chi connectivity index (χ1v) is 6.11. The first kappa shape index (κ1) is 16.5. The predicted octanol–water partition coefficient (Wildman–Crippen LogP) is 3.14. The molecular formula is C14H19IN4O. The van der Waals surface area contributed by atoms with Gasteiger partial charge in [0.25, 0.3) is 0 Å². The van der Waals surface area contributed by atoms with Gasteiger partial charge in [0.2, 0.25) is 5.89 Å². The van der Waals surface area contributed by atoms with Crippen molar-refractivity contribution in [3.05, 3.63) is 47.2 Å². The van der Waals surface area contributed by atoms with Gasteiger partial charge in [0.1, 0.15) is 12.3 Å². The minimum Gasteiger partial charge on any atom is -0.444 e. The summed E-state index contributed by atoms with van der Waals surface area (Å²) in [5, 5.41) is 3.02. The zero-order chi connectivity index (χ0) is 13.8. The number of nitrogens with zero attached hydrogens (tertiary/aromatic N) is 2. The lowest BCUT2D eigenvalue weighted by Crippen LogP contribution is -2.22. The molecule has 0 bridgehead atoms. The number of hydrogen-bond donors (Lipinski definition) is 2. The van der Waals surface area contributed by atoms with Crippen molar-refractivity contribution in [1.29, 1.82) is 0 Å². The van der Waals surface area contributed by atoms with Crippen LogP contribution < -0.4 is 11.1 Å². The maximum atomic E-state index is 5.81. The molecule has 0 aliphatic rings. The highest BCUT2D eigenvalue weighted by atomic mass is 127. The Morgan fingerprint density at radius 3 is 2.45 bits per heavy atom. The molecule has 1 aromatic heterocycles. The summed E-state index contributed by atoms with van der Waals surface area (Å²) in [5.74, 6) is 1.73. The van der Waals surface area contributed by atoms with E-state index in [0.717, 1.165) is 17.1 Å². The number of oxazole rings is 1. The van der Waals surface area contributed by atoms with E-state index in [4.69, 9.17) is 10.2 Å². The van der Waals surface area contributed by atoms with Crippen LogP contribution in [0.15, 0.2) is 33.7 Å². The van der Waals surface area contributed by atoms with Crippen molar-refractivity contribution in [3.8, 4) is 0 Å². The van der Waals surface area contributed by atoms with Crippen LogP contribution >= 0.6 is 24.0 Å². The second-order valence-corrected chi connectivity index (χ2v) is 4.44. The lowest BCUT2D eigenvalue weighted by atomic mass is 10.2. The molecule has 108 valence electrons. The average molecular weight is 386 g/mol. The molecule has 2 rings (SSSR count). The van der Waals surface area contributed by atoms with Crippen LogP contribution in [-0.2, 0) is 6.54 Å². The zero-order valence-electron chi connectivity index (χ0n) is 11.8. The molecule has 3 N–H and O–H groups in total. The molecule has 0 fully saturated rings. The van der Waals surface area contributed by atoms with Gasteiger partial charge >= 0.3 is 0 Å². The molecule has 0 aliphatic carbocycles. The van der Waals surface area contributed by atoms with Crippen LogP contribution in [0.5, 0.6) is 0 Å². The van der Waals surface area contributed by atoms with Gasteiger partial charge in [-0.05, 0) is 32.9 Å². The highest BCUT2D eigenvalue weighted by molar-refractivity contribution is 14.0. The molecule has 20 heavy (non-hydrogen) atoms. The van der Waals surface area contributed by atoms with Crippen molar-refractivity contribution in [2.24, 2.45) is 10.7 Å². The summed E-state index contributed by atoms with van der Waals surface area (Å²) in [6.45, 7) is 6.15. The summed E-state index contributed by atoms with van der Waals surface area (Å²) in [6, 6.07) is 7.93. The number of guanidine groups is 1. The molecule has 0 spiro atoms. The molecule has 2 aromatic rings. The zero-order valence-corrected chi connectivity index (χ0v) is 14.1. The van der Waals surface area contributed by atoms with E-state index in [-0.39, 0.29) is 24.0 Å². The molecule has 1 heterocycles. The third-order valence-electron chi connectivity index (χ3n) is 2.78. The number of aliphatic imine (C=N–C) groups is 1. The second kappa shape index (κ2) is 7.28. The summed E-state index contributed by atoms with van der Waals surface area (Å²) in [6.07, 6.45) is 0. The van der Waals surface area contributed by atoms with Crippen LogP contribution in [0, 0.1) is 20.8 Å². The fourth-order valence-corrected chi connectivity index (χ4v) is 1.58. The summed E-state index contributed by atoms with van der Waals surface area (Å²) in [5.41, 5.74) is 8.80. The number of halogens is 1. The van der Waals surface area contributed by atoms with Gasteiger partial charge in [0.05, 0.1) is 5.69 Å². The molecule has 0 atom stereocenters. The van der Waals surface area contributed by atoms with Crippen LogP contribution in [-0.4, -0.2) is 10.9 Å². The molecular weight excluding hydrogens is 367 g/mol. The fourth-order valence-electron chi connectivity index (χ4n) is 1.58. The van der Waals surface area contributed by atoms with Crippen LogP contribution in [0.3, 0.4) is 0 Å². The van der Waals surface area contributed by atoms with Crippen LogP contribution in [0.2, 0.25) is 0 Å². The van der Waals surface area contributed by atoms with Gasteiger partial charge in [-0.1, -0.05) is 17.7 Å². The van der Waals surface area contributed by atoms with Crippen LogP contribution in [0.1, 0.15) is 22.9 Å². The topological polar surface area (TPSA) is 76.4 Å². The first-order valence-electron chi connectivity index (χ1n) is 6.11. The molecule has 0 unspecified atom stereocenters. The van der Waals surface area contributed by atoms with E-state index in [2.05, 4.69) is 15.3 Å². The van der Waals surface area contributed by atoms with Crippen molar-refractivity contribution in [2.75, 3.05) is 5.32 Å². The van der Waals surface area contributed by atoms with Gasteiger partial charge in [-0.25, -0.2) is 9.98 Å². The molecule has 6 heteroatoms. The highest BCUT2D eigenvalue weighted by Gasteiger charge is 2.04. The van der Waals surface area contributed by atoms with Crippen molar-refractivity contribution < 1.29 is 4.42 Å². The smallest absolute Gasteiger partial charge is 0.216 e. The standard InChI is InChI=1S/C14H18N4O.HI/c1-9-4-6-12(7-5-9)18-14(15)16-8-13-17-10(2)11(3)19-13;/h4-7H,8H2,1-3H3,(H3,15,16,18);1H. The molecule has 0 aliphatic heterocycles. The summed E-state index contributed by atoms with van der Waals surface area (Å²) >= 11 is 0. The van der Waals surface area contributed by atoms with Gasteiger partial charge in [-0.2, -0.15) is 0 Å². The fraction of sp³-hybridized carbons (Fsp3) is 0.286. The largest absolute Gasteiger partial charge is 0.444 e. The lowest BCUT2D eigenvalue weighted by molar-refractivity contribution is 0.473. The van der Waals surface area contributed by atoms with Gasteiger partial charge in [-0.15, -0.1) is 24.0 Å². The predicted molar refractivity (Wildman–Crippen MR) is 91.5 cm³/mol. The van der Waals surface area contributed by atoms with E-state index in [9.17, 15) is 0 Å². The Kier molecular flexibility index (Phi) is 6.00. The Morgan fingerprint density at radius 1 is 1.25 bits per heavy atom. The summed E-state index contributed by atoms with van der Waals surface area (Å²) < 4.78 is 5.43. The van der Waals surface area contributed by atoms with E-state index in [1.54, 1.807) is 0 Å². The summed E-state index contributed by atoms with van der Waals surface area (Å²) in [7, 11) is 0. The monoisotopic (exact) mass is 386 g/mol. The molecule has 0 radical (unpaired) electrons. The van der Waals surface area contributed by atoms with Gasteiger partial charge in [0.15, 0.2) is 5.96 Å². The highest BCUT2D eigenvalue weighted by Crippen LogP contribution is 2.10. The van der Waals surface area contributed by atoms with Crippen LogP contribution in [0.25, 0.3) is 0 Å². The number of anilines is 1. The van der Waals surface area contributed by atoms with Crippen molar-refractivity contribution in [2.45, 2.75) is 27.3 Å². The number of aromatic nitrogens is 1. The Hall–Kier alpha value is -1.57. The summed E-state index contributed by atoms with van der Waals surface area (Å²) in [4.78, 5) is 8.44. The molecule has 0 amide bonds. The molecule has 1 aromatic carbocycles. The lowest BCUT2D eigenvalue weighted by Gasteiger charge is -2.05. The van der Waals surface area contributed by atoms with Crippen LogP contribution in [0.4, 0.5) is 5.69 Å². The van der Waals surface area contributed by atoms with E-state index in [0.29, 0.717) is 18.4 Å². The van der Waals surface area contributed by atoms with E-state index < -0.39 is 0 Å². The number of nitrogens with two attached hydrogens (primary N) is 1. The third-order valence-corrected chi connectivity index (χ3v) is 2.78. The molecule has 0 saturated heterocycles. The minimum absolute atomic E-state index is 0. The Bertz CT molecular complexity index is 570. The SMILES string of the molecule is Cc1ccc(NC(N)=NCc2nc(C)c(C)o2)cc1.I. The van der Waals surface area contributed by atoms with E-state index in [1.807, 2.05) is 45.0 Å². The minimum atomic E-state index is 0. The molecule has 0 saturated carbocycles. The number of nitrogens with one attached hydrogen (secondary N) is 1. The normalized spacial score (nSPS) is 11.1. The number of rotatable bonds is 3. The maximum Gasteiger partial charge on any atom is 0.216 e. The van der Waals surface area contributed by atoms with Gasteiger partial charge in [0, 0.05) is 5.69 Å². The van der Waals surface area contributed by atoms with Gasteiger partial charge < -0.3 is 15.5 Å². The third kappa shape index (κ3) is 4.52. The maximum absolute atomic E-state index is 5.81. The van der Waals surface area contributed by atoms with Crippen molar-refractivity contribution in [1.82, 2.24) is 4.98 Å². The average Bonchev–Trinajstić information content (AvgIpc) is 2.69. The second-order valence-electron chi connectivity index (χ2n) is 4.44. The van der Waals surface area contributed by atoms with E-state index in [1.165, 1.54) is 5.56 Å². The first-order chi connectivity index (χ1) is 9.04.